The smallest absolute Gasteiger partial charge is 0.376 e. The summed E-state index contributed by atoms with van der Waals surface area (Å²) >= 11 is 0.587. The van der Waals surface area contributed by atoms with Crippen LogP contribution >= 0.6 is 11.3 Å². The van der Waals surface area contributed by atoms with E-state index in [0.717, 1.165) is 0 Å². The number of hydrogen-bond acceptors (Lipinski definition) is 5. The molecular formula is C11H18F3N3OS. The lowest BCUT2D eigenvalue weighted by Crippen LogP contribution is -2.47. The molecule has 1 rings (SSSR count). The Labute approximate surface area is 114 Å². The fourth-order valence-electron chi connectivity index (χ4n) is 2.11. The molecule has 1 unspecified atom stereocenters. The molecule has 0 fully saturated rings. The lowest BCUT2D eigenvalue weighted by molar-refractivity contribution is -0.137. The number of rotatable bonds is 6. The van der Waals surface area contributed by atoms with Gasteiger partial charge in [0.1, 0.15) is 0 Å². The van der Waals surface area contributed by atoms with Crippen LogP contribution in [0.5, 0.6) is 0 Å². The molecule has 110 valence electrons. The van der Waals surface area contributed by atoms with E-state index < -0.39 is 22.8 Å². The second kappa shape index (κ2) is 6.17. The van der Waals surface area contributed by atoms with Gasteiger partial charge in [-0.1, -0.05) is 13.8 Å². The minimum absolute atomic E-state index is 0.417. The van der Waals surface area contributed by atoms with Gasteiger partial charge in [-0.15, -0.1) is 11.3 Å². The minimum atomic E-state index is -4.43. The van der Waals surface area contributed by atoms with Crippen LogP contribution in [0.3, 0.4) is 0 Å². The molecule has 1 atom stereocenters. The lowest BCUT2D eigenvalue weighted by atomic mass is 9.88. The number of methoxy groups -OCH3 is 1. The summed E-state index contributed by atoms with van der Waals surface area (Å²) in [6, 6.07) is -0.527. The zero-order valence-electron chi connectivity index (χ0n) is 11.0. The van der Waals surface area contributed by atoms with E-state index in [-0.39, 0.29) is 0 Å². The number of aromatic nitrogens is 1. The molecule has 0 saturated carbocycles. The second-order valence-electron chi connectivity index (χ2n) is 4.14. The van der Waals surface area contributed by atoms with Crippen LogP contribution in [0, 0.1) is 0 Å². The van der Waals surface area contributed by atoms with E-state index in [4.69, 9.17) is 10.6 Å². The fourth-order valence-corrected chi connectivity index (χ4v) is 3.06. The van der Waals surface area contributed by atoms with E-state index in [0.29, 0.717) is 29.1 Å². The maximum atomic E-state index is 12.6. The van der Waals surface area contributed by atoms with Gasteiger partial charge in [0.05, 0.1) is 11.6 Å². The van der Waals surface area contributed by atoms with Crippen molar-refractivity contribution in [2.24, 2.45) is 5.84 Å². The Hall–Kier alpha value is -0.700. The molecule has 4 nitrogen and oxygen atoms in total. The predicted molar refractivity (Wildman–Crippen MR) is 67.5 cm³/mol. The second-order valence-corrected chi connectivity index (χ2v) is 5.20. The van der Waals surface area contributed by atoms with Gasteiger partial charge in [-0.05, 0) is 12.8 Å². The average molecular weight is 297 g/mol. The summed E-state index contributed by atoms with van der Waals surface area (Å²) in [6.45, 7) is 3.81. The molecule has 0 aliphatic carbocycles. The van der Waals surface area contributed by atoms with Crippen molar-refractivity contribution in [1.82, 2.24) is 10.4 Å². The van der Waals surface area contributed by atoms with Crippen molar-refractivity contribution >= 4 is 11.3 Å². The first-order valence-electron chi connectivity index (χ1n) is 5.88. The highest BCUT2D eigenvalue weighted by molar-refractivity contribution is 7.11. The monoisotopic (exact) mass is 297 g/mol. The van der Waals surface area contributed by atoms with E-state index in [1.54, 1.807) is 0 Å². The van der Waals surface area contributed by atoms with E-state index in [9.17, 15) is 13.2 Å². The van der Waals surface area contributed by atoms with Crippen molar-refractivity contribution in [2.75, 3.05) is 7.11 Å². The van der Waals surface area contributed by atoms with Gasteiger partial charge in [-0.2, -0.15) is 13.2 Å². The number of hydrazine groups is 1. The Morgan fingerprint density at radius 1 is 1.42 bits per heavy atom. The molecule has 19 heavy (non-hydrogen) atoms. The van der Waals surface area contributed by atoms with Crippen LogP contribution in [0.2, 0.25) is 0 Å². The summed E-state index contributed by atoms with van der Waals surface area (Å²) in [5.74, 6) is 5.50. The Bertz CT molecular complexity index is 396. The quantitative estimate of drug-likeness (QED) is 0.626. The van der Waals surface area contributed by atoms with Gasteiger partial charge < -0.3 is 4.74 Å². The highest BCUT2D eigenvalue weighted by Gasteiger charge is 2.40. The molecule has 0 saturated heterocycles. The Morgan fingerprint density at radius 2 is 2.00 bits per heavy atom. The molecule has 0 radical (unpaired) electrons. The number of ether oxygens (including phenoxy) is 1. The summed E-state index contributed by atoms with van der Waals surface area (Å²) in [4.78, 5) is 3.83. The van der Waals surface area contributed by atoms with Gasteiger partial charge in [0.2, 0.25) is 0 Å². The summed E-state index contributed by atoms with van der Waals surface area (Å²) in [5, 5.41) is -0.875. The highest BCUT2D eigenvalue weighted by Crippen LogP contribution is 2.40. The molecule has 0 aromatic carbocycles. The summed E-state index contributed by atoms with van der Waals surface area (Å²) in [5.41, 5.74) is 1.91. The van der Waals surface area contributed by atoms with Crippen molar-refractivity contribution < 1.29 is 17.9 Å². The van der Waals surface area contributed by atoms with Gasteiger partial charge in [0.15, 0.2) is 5.01 Å². The van der Waals surface area contributed by atoms with E-state index in [1.807, 2.05) is 13.8 Å². The van der Waals surface area contributed by atoms with Gasteiger partial charge >= 0.3 is 6.18 Å². The molecule has 3 N–H and O–H groups in total. The Kier molecular flexibility index (Phi) is 5.31. The van der Waals surface area contributed by atoms with Crippen LogP contribution in [0.15, 0.2) is 6.20 Å². The van der Waals surface area contributed by atoms with Crippen molar-refractivity contribution in [3.8, 4) is 0 Å². The number of nitrogens with zero attached hydrogens (tertiary/aromatic N) is 1. The third kappa shape index (κ3) is 3.25. The van der Waals surface area contributed by atoms with Crippen molar-refractivity contribution in [3.05, 3.63) is 16.1 Å². The van der Waals surface area contributed by atoms with Crippen LogP contribution in [0.4, 0.5) is 13.2 Å². The van der Waals surface area contributed by atoms with Crippen molar-refractivity contribution in [1.29, 1.82) is 0 Å². The molecular weight excluding hydrogens is 279 g/mol. The van der Waals surface area contributed by atoms with Crippen LogP contribution in [-0.4, -0.2) is 17.7 Å². The number of hydrogen-bond donors (Lipinski definition) is 2. The number of nitrogens with one attached hydrogen (secondary N) is 1. The first kappa shape index (κ1) is 16.4. The van der Waals surface area contributed by atoms with Crippen LogP contribution < -0.4 is 11.3 Å². The standard InChI is InChI=1S/C11H18F3N3OS/c1-4-10(5-2,18-3)8(17-15)7-6-16-9(19-7)11(12,13)14/h6,8,17H,4-5,15H2,1-3H3. The van der Waals surface area contributed by atoms with E-state index in [1.165, 1.54) is 13.3 Å². The van der Waals surface area contributed by atoms with Gasteiger partial charge in [-0.25, -0.2) is 10.4 Å². The highest BCUT2D eigenvalue weighted by atomic mass is 32.1. The normalized spacial score (nSPS) is 14.7. The zero-order chi connectivity index (χ0) is 14.7. The molecule has 0 aliphatic heterocycles. The van der Waals surface area contributed by atoms with Crippen LogP contribution in [-0.2, 0) is 10.9 Å². The Morgan fingerprint density at radius 3 is 2.32 bits per heavy atom. The topological polar surface area (TPSA) is 60.2 Å². The molecule has 1 aromatic rings. The Balaban J connectivity index is 3.13. The van der Waals surface area contributed by atoms with Crippen molar-refractivity contribution in [2.45, 2.75) is 44.5 Å². The number of thiazole rings is 1. The largest absolute Gasteiger partial charge is 0.443 e. The number of alkyl halides is 3. The molecule has 0 amide bonds. The molecule has 1 aromatic heterocycles. The van der Waals surface area contributed by atoms with Crippen molar-refractivity contribution in [3.63, 3.8) is 0 Å². The van der Waals surface area contributed by atoms with E-state index >= 15 is 0 Å². The van der Waals surface area contributed by atoms with Gasteiger partial charge in [0.25, 0.3) is 0 Å². The van der Waals surface area contributed by atoms with Gasteiger partial charge in [-0.3, -0.25) is 5.84 Å². The maximum absolute atomic E-state index is 12.6. The fraction of sp³-hybridized carbons (Fsp3) is 0.727. The number of nitrogens with two attached hydrogens (primary N) is 1. The molecule has 0 spiro atoms. The first-order chi connectivity index (χ1) is 8.84. The SMILES string of the molecule is CCC(CC)(OC)C(NN)c1cnc(C(F)(F)F)s1. The average Bonchev–Trinajstić information content (AvgIpc) is 2.85. The van der Waals surface area contributed by atoms with Crippen LogP contribution in [0.25, 0.3) is 0 Å². The van der Waals surface area contributed by atoms with Crippen LogP contribution in [0.1, 0.15) is 42.6 Å². The predicted octanol–water partition coefficient (Wildman–Crippen LogP) is 2.87. The zero-order valence-corrected chi connectivity index (χ0v) is 11.9. The van der Waals surface area contributed by atoms with Gasteiger partial charge in [0, 0.05) is 18.2 Å². The molecule has 1 heterocycles. The first-order valence-corrected chi connectivity index (χ1v) is 6.70. The number of halogens is 3. The summed E-state index contributed by atoms with van der Waals surface area (Å²) < 4.78 is 43.2. The summed E-state index contributed by atoms with van der Waals surface area (Å²) in [7, 11) is 1.53. The molecule has 8 heteroatoms. The third-order valence-electron chi connectivity index (χ3n) is 3.35. The molecule has 0 aliphatic rings. The maximum Gasteiger partial charge on any atom is 0.443 e. The molecule has 0 bridgehead atoms. The minimum Gasteiger partial charge on any atom is -0.376 e. The van der Waals surface area contributed by atoms with E-state index in [2.05, 4.69) is 10.4 Å². The summed E-state index contributed by atoms with van der Waals surface area (Å²) in [6.07, 6.45) is -1.99. The third-order valence-corrected chi connectivity index (χ3v) is 4.45. The lowest BCUT2D eigenvalue weighted by Gasteiger charge is -2.37.